The molecule has 0 aliphatic rings. The van der Waals surface area contributed by atoms with Crippen molar-refractivity contribution in [2.45, 2.75) is 13.8 Å². The van der Waals surface area contributed by atoms with Crippen LogP contribution in [0.15, 0.2) is 97.1 Å². The quantitative estimate of drug-likeness (QED) is 0.282. The van der Waals surface area contributed by atoms with Crippen LogP contribution in [-0.4, -0.2) is 0 Å². The Morgan fingerprint density at radius 2 is 1.03 bits per heavy atom. The van der Waals surface area contributed by atoms with Gasteiger partial charge in [-0.15, -0.1) is 0 Å². The van der Waals surface area contributed by atoms with E-state index in [1.54, 1.807) is 0 Å². The summed E-state index contributed by atoms with van der Waals surface area (Å²) in [5, 5.41) is 0. The second-order valence-corrected chi connectivity index (χ2v) is 7.60. The predicted octanol–water partition coefficient (Wildman–Crippen LogP) is 7.53. The van der Waals surface area contributed by atoms with Gasteiger partial charge < -0.3 is 10.6 Å². The number of nitrogens with zero attached hydrogens (tertiary/aromatic N) is 1. The van der Waals surface area contributed by atoms with Gasteiger partial charge in [-0.1, -0.05) is 71.8 Å². The Kier molecular flexibility index (Phi) is 5.67. The van der Waals surface area contributed by atoms with Crippen LogP contribution in [0.4, 0.5) is 22.7 Å². The Labute approximate surface area is 178 Å². The first kappa shape index (κ1) is 19.5. The number of nitrogens with two attached hydrogens (primary N) is 1. The lowest BCUT2D eigenvalue weighted by atomic mass is 10.1. The molecule has 0 aliphatic carbocycles. The van der Waals surface area contributed by atoms with Gasteiger partial charge in [0.2, 0.25) is 0 Å². The zero-order valence-electron chi connectivity index (χ0n) is 17.4. The van der Waals surface area contributed by atoms with Crippen LogP contribution in [0.3, 0.4) is 0 Å². The number of rotatable bonds is 5. The van der Waals surface area contributed by atoms with Crippen LogP contribution in [0.1, 0.15) is 22.3 Å². The first-order valence-corrected chi connectivity index (χ1v) is 10.2. The first-order valence-electron chi connectivity index (χ1n) is 10.2. The molecule has 30 heavy (non-hydrogen) atoms. The average molecular weight is 391 g/mol. The van der Waals surface area contributed by atoms with Gasteiger partial charge in [-0.2, -0.15) is 0 Å². The third kappa shape index (κ3) is 4.61. The molecule has 0 aromatic heterocycles. The van der Waals surface area contributed by atoms with Crippen molar-refractivity contribution in [2.24, 2.45) is 0 Å². The van der Waals surface area contributed by atoms with Gasteiger partial charge in [-0.3, -0.25) is 0 Å². The summed E-state index contributed by atoms with van der Waals surface area (Å²) in [5.41, 5.74) is 14.8. The number of hydrogen-bond acceptors (Lipinski definition) is 2. The molecule has 0 amide bonds. The van der Waals surface area contributed by atoms with Crippen LogP contribution < -0.4 is 10.6 Å². The Morgan fingerprint density at radius 1 is 0.567 bits per heavy atom. The zero-order valence-corrected chi connectivity index (χ0v) is 17.4. The largest absolute Gasteiger partial charge is 0.399 e. The van der Waals surface area contributed by atoms with Crippen molar-refractivity contribution in [3.8, 4) is 0 Å². The molecule has 2 N–H and O–H groups in total. The van der Waals surface area contributed by atoms with Crippen LogP contribution in [0.2, 0.25) is 0 Å². The summed E-state index contributed by atoms with van der Waals surface area (Å²) >= 11 is 0. The Hall–Kier alpha value is -3.78. The van der Waals surface area contributed by atoms with Crippen LogP contribution >= 0.6 is 0 Å². The maximum atomic E-state index is 5.87. The third-order valence-corrected chi connectivity index (χ3v) is 5.11. The number of nitrogen functional groups attached to an aromatic ring is 1. The fraction of sp³-hybridized carbons (Fsp3) is 0.0714. The van der Waals surface area contributed by atoms with Gasteiger partial charge >= 0.3 is 0 Å². The SMILES string of the molecule is Cc1ccc(N(c2ccc(C)cc2)c2ccc(C=Cc3cccc(N)c3)cc2)cc1. The van der Waals surface area contributed by atoms with E-state index in [9.17, 15) is 0 Å². The minimum Gasteiger partial charge on any atom is -0.399 e. The van der Waals surface area contributed by atoms with E-state index in [0.29, 0.717) is 0 Å². The smallest absolute Gasteiger partial charge is 0.0462 e. The second kappa shape index (κ2) is 8.71. The lowest BCUT2D eigenvalue weighted by Gasteiger charge is -2.25. The van der Waals surface area contributed by atoms with Crippen molar-refractivity contribution >= 4 is 34.9 Å². The summed E-state index contributed by atoms with van der Waals surface area (Å²) in [7, 11) is 0. The van der Waals surface area contributed by atoms with Crippen molar-refractivity contribution in [3.63, 3.8) is 0 Å². The summed E-state index contributed by atoms with van der Waals surface area (Å²) in [6.07, 6.45) is 4.20. The Morgan fingerprint density at radius 3 is 1.53 bits per heavy atom. The van der Waals surface area contributed by atoms with Crippen molar-refractivity contribution in [1.29, 1.82) is 0 Å². The highest BCUT2D eigenvalue weighted by Gasteiger charge is 2.12. The molecule has 4 aromatic rings. The average Bonchev–Trinajstić information content (AvgIpc) is 2.76. The van der Waals surface area contributed by atoms with E-state index >= 15 is 0 Å². The molecule has 2 nitrogen and oxygen atoms in total. The third-order valence-electron chi connectivity index (χ3n) is 5.11. The van der Waals surface area contributed by atoms with Crippen LogP contribution in [-0.2, 0) is 0 Å². The van der Waals surface area contributed by atoms with E-state index in [-0.39, 0.29) is 0 Å². The van der Waals surface area contributed by atoms with E-state index in [4.69, 9.17) is 5.73 Å². The molecule has 0 saturated carbocycles. The van der Waals surface area contributed by atoms with Crippen LogP contribution in [0.25, 0.3) is 12.2 Å². The van der Waals surface area contributed by atoms with Gasteiger partial charge in [0.05, 0.1) is 0 Å². The van der Waals surface area contributed by atoms with E-state index < -0.39 is 0 Å². The molecular weight excluding hydrogens is 364 g/mol. The highest BCUT2D eigenvalue weighted by atomic mass is 15.1. The highest BCUT2D eigenvalue weighted by molar-refractivity contribution is 5.78. The fourth-order valence-corrected chi connectivity index (χ4v) is 3.42. The van der Waals surface area contributed by atoms with Gasteiger partial charge in [-0.05, 0) is 73.5 Å². The molecule has 0 fully saturated rings. The standard InChI is InChI=1S/C28H26N2/c1-21-6-14-26(15-7-21)30(27-16-8-22(2)9-17-27)28-18-12-23(13-19-28)10-11-24-4-3-5-25(29)20-24/h3-20H,29H2,1-2H3. The van der Waals surface area contributed by atoms with Crippen LogP contribution in [0, 0.1) is 13.8 Å². The van der Waals surface area contributed by atoms with Gasteiger partial charge in [0, 0.05) is 22.7 Å². The summed E-state index contributed by atoms with van der Waals surface area (Å²) in [5.74, 6) is 0. The summed E-state index contributed by atoms with van der Waals surface area (Å²) < 4.78 is 0. The Balaban J connectivity index is 1.65. The topological polar surface area (TPSA) is 29.3 Å². The van der Waals surface area contributed by atoms with Crippen molar-refractivity contribution in [1.82, 2.24) is 0 Å². The molecule has 0 atom stereocenters. The molecule has 0 heterocycles. The molecular formula is C28H26N2. The molecule has 0 saturated heterocycles. The molecule has 0 radical (unpaired) electrons. The zero-order chi connectivity index (χ0) is 20.9. The minimum absolute atomic E-state index is 0.777. The molecule has 0 bridgehead atoms. The molecule has 0 spiro atoms. The predicted molar refractivity (Wildman–Crippen MR) is 130 cm³/mol. The van der Waals surface area contributed by atoms with E-state index in [0.717, 1.165) is 33.9 Å². The molecule has 0 unspecified atom stereocenters. The number of aryl methyl sites for hydroxylation is 2. The maximum absolute atomic E-state index is 5.87. The van der Waals surface area contributed by atoms with Gasteiger partial charge in [-0.25, -0.2) is 0 Å². The fourth-order valence-electron chi connectivity index (χ4n) is 3.42. The minimum atomic E-state index is 0.777. The number of benzene rings is 4. The summed E-state index contributed by atoms with van der Waals surface area (Å²) in [6.45, 7) is 4.23. The van der Waals surface area contributed by atoms with E-state index in [2.05, 4.69) is 110 Å². The van der Waals surface area contributed by atoms with Gasteiger partial charge in [0.1, 0.15) is 0 Å². The maximum Gasteiger partial charge on any atom is 0.0462 e. The molecule has 4 rings (SSSR count). The normalized spacial score (nSPS) is 11.0. The lowest BCUT2D eigenvalue weighted by molar-refractivity contribution is 1.27. The molecule has 2 heteroatoms. The van der Waals surface area contributed by atoms with Crippen molar-refractivity contribution in [2.75, 3.05) is 10.6 Å². The van der Waals surface area contributed by atoms with Crippen molar-refractivity contribution < 1.29 is 0 Å². The van der Waals surface area contributed by atoms with E-state index in [1.165, 1.54) is 11.1 Å². The monoisotopic (exact) mass is 390 g/mol. The number of hydrogen-bond donors (Lipinski definition) is 1. The summed E-state index contributed by atoms with van der Waals surface area (Å²) in [4.78, 5) is 2.28. The highest BCUT2D eigenvalue weighted by Crippen LogP contribution is 2.34. The van der Waals surface area contributed by atoms with Crippen molar-refractivity contribution in [3.05, 3.63) is 119 Å². The molecule has 148 valence electrons. The van der Waals surface area contributed by atoms with Gasteiger partial charge in [0.15, 0.2) is 0 Å². The second-order valence-electron chi connectivity index (χ2n) is 7.60. The van der Waals surface area contributed by atoms with Crippen LogP contribution in [0.5, 0.6) is 0 Å². The van der Waals surface area contributed by atoms with E-state index in [1.807, 2.05) is 18.2 Å². The Bertz CT molecular complexity index is 1090. The number of anilines is 4. The first-order chi connectivity index (χ1) is 14.6. The van der Waals surface area contributed by atoms with Gasteiger partial charge in [0.25, 0.3) is 0 Å². The molecule has 0 aliphatic heterocycles. The summed E-state index contributed by atoms with van der Waals surface area (Å²) in [6, 6.07) is 33.8. The lowest BCUT2D eigenvalue weighted by Crippen LogP contribution is -2.09. The molecule has 4 aromatic carbocycles.